The lowest BCUT2D eigenvalue weighted by Gasteiger charge is -2.17. The molecule has 0 saturated heterocycles. The second kappa shape index (κ2) is 7.28. The van der Waals surface area contributed by atoms with Crippen molar-refractivity contribution in [3.8, 4) is 5.75 Å². The lowest BCUT2D eigenvalue weighted by atomic mass is 9.97. The van der Waals surface area contributed by atoms with Crippen LogP contribution in [-0.2, 0) is 4.74 Å². The van der Waals surface area contributed by atoms with E-state index in [2.05, 4.69) is 9.97 Å². The van der Waals surface area contributed by atoms with E-state index >= 15 is 0 Å². The molecule has 2 N–H and O–H groups in total. The van der Waals surface area contributed by atoms with Gasteiger partial charge in [-0.05, 0) is 23.8 Å². The average Bonchev–Trinajstić information content (AvgIpc) is 3.39. The number of pyridine rings is 1. The predicted octanol–water partition coefficient (Wildman–Crippen LogP) is 4.19. The van der Waals surface area contributed by atoms with Gasteiger partial charge in [-0.1, -0.05) is 18.2 Å². The fourth-order valence-electron chi connectivity index (χ4n) is 4.23. The van der Waals surface area contributed by atoms with Crippen molar-refractivity contribution in [2.75, 3.05) is 24.4 Å². The molecule has 2 aromatic carbocycles. The van der Waals surface area contributed by atoms with E-state index in [1.54, 1.807) is 11.0 Å². The number of phenols is 1. The van der Waals surface area contributed by atoms with Crippen molar-refractivity contribution in [1.82, 2.24) is 9.97 Å². The first-order chi connectivity index (χ1) is 15.0. The molecule has 31 heavy (non-hydrogen) atoms. The van der Waals surface area contributed by atoms with Crippen LogP contribution in [0.1, 0.15) is 32.3 Å². The van der Waals surface area contributed by atoms with Crippen LogP contribution in [-0.4, -0.2) is 46.5 Å². The molecule has 0 fully saturated rings. The van der Waals surface area contributed by atoms with Gasteiger partial charge >= 0.3 is 5.97 Å². The fourth-order valence-corrected chi connectivity index (χ4v) is 4.48. The number of benzene rings is 2. The lowest BCUT2D eigenvalue weighted by molar-refractivity contribution is 0.0600. The number of methoxy groups -OCH3 is 1. The Balaban J connectivity index is 1.66. The number of aromatic nitrogens is 2. The second-order valence-corrected chi connectivity index (χ2v) is 7.79. The summed E-state index contributed by atoms with van der Waals surface area (Å²) in [4.78, 5) is 34.4. The number of nitrogens with one attached hydrogen (secondary N) is 1. The van der Waals surface area contributed by atoms with Crippen molar-refractivity contribution in [3.05, 3.63) is 65.5 Å². The number of alkyl halides is 1. The lowest BCUT2D eigenvalue weighted by Crippen LogP contribution is -2.30. The number of esters is 1. The van der Waals surface area contributed by atoms with Crippen LogP contribution in [0.25, 0.3) is 21.8 Å². The molecule has 156 valence electrons. The molecule has 0 bridgehead atoms. The van der Waals surface area contributed by atoms with Gasteiger partial charge in [-0.15, -0.1) is 11.6 Å². The summed E-state index contributed by atoms with van der Waals surface area (Å²) in [5.41, 5.74) is 3.27. The maximum Gasteiger partial charge on any atom is 0.339 e. The predicted molar refractivity (Wildman–Crippen MR) is 118 cm³/mol. The maximum absolute atomic E-state index is 13.4. The molecule has 0 aliphatic carbocycles. The number of H-pyrrole nitrogens is 1. The Morgan fingerprint density at radius 2 is 2.10 bits per heavy atom. The number of amides is 1. The number of para-hydroxylation sites is 1. The van der Waals surface area contributed by atoms with E-state index in [0.29, 0.717) is 28.8 Å². The Hall–Kier alpha value is -3.58. The number of hydrogen-bond donors (Lipinski definition) is 2. The molecule has 2 aromatic heterocycles. The normalized spacial score (nSPS) is 15.4. The van der Waals surface area contributed by atoms with Gasteiger partial charge in [0, 0.05) is 46.9 Å². The molecule has 4 aromatic rings. The summed E-state index contributed by atoms with van der Waals surface area (Å²) in [6.07, 6.45) is 1.36. The molecular formula is C23H18ClN3O4. The molecule has 0 unspecified atom stereocenters. The number of carbonyl (C=O) groups excluding carboxylic acids is 2. The summed E-state index contributed by atoms with van der Waals surface area (Å²) < 4.78 is 4.80. The van der Waals surface area contributed by atoms with Crippen molar-refractivity contribution in [2.45, 2.75) is 5.92 Å². The molecular weight excluding hydrogens is 418 g/mol. The van der Waals surface area contributed by atoms with Gasteiger partial charge in [0.05, 0.1) is 18.4 Å². The summed E-state index contributed by atoms with van der Waals surface area (Å²) in [7, 11) is 1.29. The highest BCUT2D eigenvalue weighted by molar-refractivity contribution is 6.19. The van der Waals surface area contributed by atoms with E-state index in [9.17, 15) is 14.7 Å². The van der Waals surface area contributed by atoms with Crippen LogP contribution >= 0.6 is 11.6 Å². The Morgan fingerprint density at radius 3 is 2.84 bits per heavy atom. The third-order valence-electron chi connectivity index (χ3n) is 5.68. The minimum atomic E-state index is -0.530. The van der Waals surface area contributed by atoms with Crippen LogP contribution in [0.5, 0.6) is 5.75 Å². The molecule has 0 radical (unpaired) electrons. The second-order valence-electron chi connectivity index (χ2n) is 7.48. The van der Waals surface area contributed by atoms with Crippen LogP contribution in [0.15, 0.2) is 48.7 Å². The quantitative estimate of drug-likeness (QED) is 0.371. The van der Waals surface area contributed by atoms with Crippen LogP contribution < -0.4 is 4.90 Å². The van der Waals surface area contributed by atoms with Gasteiger partial charge < -0.3 is 19.7 Å². The molecule has 1 aliphatic rings. The van der Waals surface area contributed by atoms with Gasteiger partial charge in [0.25, 0.3) is 5.91 Å². The molecule has 8 heteroatoms. The van der Waals surface area contributed by atoms with Crippen LogP contribution in [0.3, 0.4) is 0 Å². The number of aromatic amines is 1. The molecule has 1 atom stereocenters. The number of fused-ring (bicyclic) bond motifs is 4. The molecule has 1 amide bonds. The van der Waals surface area contributed by atoms with Gasteiger partial charge in [0.1, 0.15) is 17.0 Å². The van der Waals surface area contributed by atoms with E-state index in [4.69, 9.17) is 16.3 Å². The highest BCUT2D eigenvalue weighted by atomic mass is 35.5. The number of nitrogens with zero attached hydrogens (tertiary/aromatic N) is 2. The van der Waals surface area contributed by atoms with Crippen molar-refractivity contribution in [1.29, 1.82) is 0 Å². The van der Waals surface area contributed by atoms with Crippen LogP contribution in [0, 0.1) is 0 Å². The molecule has 1 aliphatic heterocycles. The monoisotopic (exact) mass is 435 g/mol. The molecule has 5 rings (SSSR count). The topological polar surface area (TPSA) is 95.5 Å². The van der Waals surface area contributed by atoms with Gasteiger partial charge in [0.2, 0.25) is 0 Å². The van der Waals surface area contributed by atoms with Crippen LogP contribution in [0.4, 0.5) is 5.69 Å². The number of aromatic hydroxyl groups is 1. The summed E-state index contributed by atoms with van der Waals surface area (Å²) in [5, 5.41) is 12.1. The van der Waals surface area contributed by atoms with Crippen molar-refractivity contribution >= 4 is 51.0 Å². The molecule has 7 nitrogen and oxygen atoms in total. The SMILES string of the molecule is COC(=O)c1cnc2c(O)cc3c(c2c1)[C@@H](CCl)CN3C(=O)c1cc2ccccc2[nH]1. The van der Waals surface area contributed by atoms with Crippen LogP contribution in [0.2, 0.25) is 0 Å². The molecule has 0 spiro atoms. The number of rotatable bonds is 3. The first-order valence-corrected chi connectivity index (χ1v) is 10.2. The third-order valence-corrected chi connectivity index (χ3v) is 6.06. The number of carbonyl (C=O) groups is 2. The standard InChI is InChI=1S/C23H18ClN3O4/c1-31-23(30)13-6-15-20-14(9-24)11-27(18(20)8-19(28)21(15)25-10-13)22(29)17-7-12-4-2-3-5-16(12)26-17/h2-8,10,14,26,28H,9,11H2,1H3/t14-/m0/s1. The van der Waals surface area contributed by atoms with Crippen molar-refractivity contribution in [2.24, 2.45) is 0 Å². The third kappa shape index (κ3) is 3.00. The minimum absolute atomic E-state index is 0.0742. The van der Waals surface area contributed by atoms with E-state index in [1.165, 1.54) is 19.4 Å². The zero-order valence-corrected chi connectivity index (χ0v) is 17.3. The first-order valence-electron chi connectivity index (χ1n) is 9.71. The zero-order valence-electron chi connectivity index (χ0n) is 16.6. The first kappa shape index (κ1) is 19.4. The highest BCUT2D eigenvalue weighted by Gasteiger charge is 2.36. The van der Waals surface area contributed by atoms with E-state index < -0.39 is 5.97 Å². The van der Waals surface area contributed by atoms with Crippen molar-refractivity contribution in [3.63, 3.8) is 0 Å². The minimum Gasteiger partial charge on any atom is -0.506 e. The van der Waals surface area contributed by atoms with Gasteiger partial charge in [-0.2, -0.15) is 0 Å². The summed E-state index contributed by atoms with van der Waals surface area (Å²) >= 11 is 6.27. The molecule has 3 heterocycles. The van der Waals surface area contributed by atoms with E-state index in [0.717, 1.165) is 16.5 Å². The number of halogens is 1. The summed E-state index contributed by atoms with van der Waals surface area (Å²) in [6, 6.07) is 12.6. The highest BCUT2D eigenvalue weighted by Crippen LogP contribution is 2.45. The largest absolute Gasteiger partial charge is 0.506 e. The Morgan fingerprint density at radius 1 is 1.29 bits per heavy atom. The fraction of sp³-hybridized carbons (Fsp3) is 0.174. The van der Waals surface area contributed by atoms with E-state index in [-0.39, 0.29) is 29.0 Å². The number of hydrogen-bond acceptors (Lipinski definition) is 5. The Bertz CT molecular complexity index is 1330. The van der Waals surface area contributed by atoms with E-state index in [1.807, 2.05) is 30.3 Å². The van der Waals surface area contributed by atoms with Gasteiger partial charge in [-0.3, -0.25) is 9.78 Å². The molecule has 0 saturated carbocycles. The van der Waals surface area contributed by atoms with Gasteiger partial charge in [0.15, 0.2) is 0 Å². The summed E-state index contributed by atoms with van der Waals surface area (Å²) in [5.74, 6) is -0.734. The number of anilines is 1. The Labute approximate surface area is 182 Å². The maximum atomic E-state index is 13.4. The Kier molecular flexibility index (Phi) is 4.55. The van der Waals surface area contributed by atoms with Gasteiger partial charge in [-0.25, -0.2) is 4.79 Å². The summed E-state index contributed by atoms with van der Waals surface area (Å²) in [6.45, 7) is 0.355. The average molecular weight is 436 g/mol. The number of phenolic OH excluding ortho intramolecular Hbond substituents is 1. The smallest absolute Gasteiger partial charge is 0.339 e. The number of ether oxygens (including phenoxy) is 1. The zero-order chi connectivity index (χ0) is 21.7. The van der Waals surface area contributed by atoms with Crippen molar-refractivity contribution < 1.29 is 19.4 Å².